The Labute approximate surface area is 85.5 Å². The van der Waals surface area contributed by atoms with Crippen molar-refractivity contribution in [3.05, 3.63) is 36.4 Å². The van der Waals surface area contributed by atoms with Gasteiger partial charge in [0.1, 0.15) is 0 Å². The number of benzene rings is 1. The molecule has 0 saturated heterocycles. The van der Waals surface area contributed by atoms with Crippen molar-refractivity contribution >= 4 is 27.5 Å². The third-order valence-electron chi connectivity index (χ3n) is 2.24. The molecule has 70 valence electrons. The molecule has 1 rings (SSSR count). The number of rotatable bonds is 2. The number of allylic oxidation sites excluding steroid dienone is 1. The van der Waals surface area contributed by atoms with Crippen molar-refractivity contribution in [2.75, 3.05) is 0 Å². The monoisotopic (exact) mass is 282 g/mol. The van der Waals surface area contributed by atoms with Gasteiger partial charge >= 0.3 is 85.7 Å². The predicted molar refractivity (Wildman–Crippen MR) is 64.1 cm³/mol. The van der Waals surface area contributed by atoms with Gasteiger partial charge in [-0.1, -0.05) is 0 Å². The zero-order valence-corrected chi connectivity index (χ0v) is 11.9. The van der Waals surface area contributed by atoms with E-state index in [0.29, 0.717) is 0 Å². The average molecular weight is 281 g/mol. The summed E-state index contributed by atoms with van der Waals surface area (Å²) in [6.45, 7) is 5.99. The van der Waals surface area contributed by atoms with Crippen LogP contribution in [0.25, 0.3) is 5.57 Å². The van der Waals surface area contributed by atoms with Crippen molar-refractivity contribution < 1.29 is 0 Å². The summed E-state index contributed by atoms with van der Waals surface area (Å²) in [6, 6.07) is 8.94. The third kappa shape index (κ3) is 2.87. The van der Waals surface area contributed by atoms with Crippen LogP contribution in [-0.2, 0) is 0 Å². The molecule has 0 unspecified atom stereocenters. The zero-order valence-electron chi connectivity index (χ0n) is 9.02. The van der Waals surface area contributed by atoms with Crippen LogP contribution in [0.4, 0.5) is 0 Å². The molecule has 0 nitrogen and oxygen atoms in total. The molecule has 0 fully saturated rings. The van der Waals surface area contributed by atoms with Crippen LogP contribution in [0.5, 0.6) is 0 Å². The molecule has 13 heavy (non-hydrogen) atoms. The summed E-state index contributed by atoms with van der Waals surface area (Å²) in [5.74, 6) is 0. The zero-order chi connectivity index (χ0) is 10.1. The van der Waals surface area contributed by atoms with Crippen LogP contribution in [0.15, 0.2) is 30.8 Å². The van der Waals surface area contributed by atoms with Gasteiger partial charge in [-0.15, -0.1) is 0 Å². The van der Waals surface area contributed by atoms with E-state index in [1.165, 1.54) is 5.56 Å². The van der Waals surface area contributed by atoms with Crippen LogP contribution in [0.3, 0.4) is 0 Å². The van der Waals surface area contributed by atoms with Crippen molar-refractivity contribution in [3.63, 3.8) is 0 Å². The van der Waals surface area contributed by atoms with Crippen molar-refractivity contribution in [2.24, 2.45) is 0 Å². The van der Waals surface area contributed by atoms with E-state index in [4.69, 9.17) is 0 Å². The fourth-order valence-electron chi connectivity index (χ4n) is 1.25. The summed E-state index contributed by atoms with van der Waals surface area (Å²) in [6.07, 6.45) is 0. The SMILES string of the molecule is C=C(C)c1cc[c]([Sn]([CH3])([CH3])[CH3])cc1. The molecular formula is C12H18Sn. The molecule has 1 aromatic carbocycles. The quantitative estimate of drug-likeness (QED) is 0.730. The van der Waals surface area contributed by atoms with Crippen molar-refractivity contribution in [1.29, 1.82) is 0 Å². The molecule has 0 aliphatic heterocycles. The van der Waals surface area contributed by atoms with Crippen molar-refractivity contribution in [1.82, 2.24) is 0 Å². The molecule has 0 bridgehead atoms. The van der Waals surface area contributed by atoms with Gasteiger partial charge in [0, 0.05) is 0 Å². The second-order valence-electron chi connectivity index (χ2n) is 4.61. The maximum absolute atomic E-state index is 3.93. The van der Waals surface area contributed by atoms with E-state index < -0.39 is 18.4 Å². The van der Waals surface area contributed by atoms with Gasteiger partial charge in [-0.2, -0.15) is 0 Å². The summed E-state index contributed by atoms with van der Waals surface area (Å²) < 4.78 is 1.58. The minimum atomic E-state index is -1.82. The molecule has 1 aromatic rings. The first-order chi connectivity index (χ1) is 5.91. The summed E-state index contributed by atoms with van der Waals surface area (Å²) in [5, 5.41) is 0. The number of hydrogen-bond donors (Lipinski definition) is 0. The van der Waals surface area contributed by atoms with Crippen LogP contribution in [0, 0.1) is 0 Å². The number of hydrogen-bond acceptors (Lipinski definition) is 0. The first kappa shape index (κ1) is 10.8. The van der Waals surface area contributed by atoms with Gasteiger partial charge in [0.25, 0.3) is 0 Å². The molecule has 0 saturated carbocycles. The Kier molecular flexibility index (Phi) is 3.22. The average Bonchev–Trinajstić information content (AvgIpc) is 2.03. The second kappa shape index (κ2) is 3.87. The second-order valence-corrected chi connectivity index (χ2v) is 19.1. The summed E-state index contributed by atoms with van der Waals surface area (Å²) in [5.41, 5.74) is 2.41. The van der Waals surface area contributed by atoms with E-state index in [-0.39, 0.29) is 0 Å². The van der Waals surface area contributed by atoms with Crippen LogP contribution in [-0.4, -0.2) is 18.4 Å². The van der Waals surface area contributed by atoms with Gasteiger partial charge < -0.3 is 0 Å². The van der Waals surface area contributed by atoms with Gasteiger partial charge in [0.05, 0.1) is 0 Å². The van der Waals surface area contributed by atoms with E-state index in [9.17, 15) is 0 Å². The molecule has 0 N–H and O–H groups in total. The normalized spacial score (nSPS) is 11.4. The summed E-state index contributed by atoms with van der Waals surface area (Å²) in [7, 11) is 0. The van der Waals surface area contributed by atoms with Crippen LogP contribution in [0.2, 0.25) is 14.8 Å². The van der Waals surface area contributed by atoms with Gasteiger partial charge in [0.2, 0.25) is 0 Å². The molecule has 0 heterocycles. The minimum absolute atomic E-state index is 1.15. The van der Waals surface area contributed by atoms with Crippen LogP contribution in [0.1, 0.15) is 12.5 Å². The van der Waals surface area contributed by atoms with Gasteiger partial charge in [-0.05, 0) is 0 Å². The maximum atomic E-state index is 3.93. The molecular weight excluding hydrogens is 263 g/mol. The standard InChI is InChI=1S/C9H9.3CH3.Sn/c1-8(2)9-6-4-3-5-7-9;;;;/h4-7H,1H2,2H3;3*1H3;. The molecule has 1 heteroatoms. The topological polar surface area (TPSA) is 0 Å². The van der Waals surface area contributed by atoms with E-state index in [0.717, 1.165) is 5.57 Å². The fourth-order valence-corrected chi connectivity index (χ4v) is 4.58. The third-order valence-corrected chi connectivity index (χ3v) is 8.14. The van der Waals surface area contributed by atoms with E-state index in [2.05, 4.69) is 52.6 Å². The van der Waals surface area contributed by atoms with Gasteiger partial charge in [-0.25, -0.2) is 0 Å². The van der Waals surface area contributed by atoms with E-state index in [1.807, 2.05) is 0 Å². The summed E-state index contributed by atoms with van der Waals surface area (Å²) >= 11 is -1.82. The van der Waals surface area contributed by atoms with Crippen LogP contribution >= 0.6 is 0 Å². The Hall–Kier alpha value is -0.241. The molecule has 0 spiro atoms. The Morgan fingerprint density at radius 3 is 1.85 bits per heavy atom. The molecule has 0 aliphatic carbocycles. The Morgan fingerprint density at radius 2 is 1.54 bits per heavy atom. The Morgan fingerprint density at radius 1 is 1.08 bits per heavy atom. The molecule has 0 aromatic heterocycles. The van der Waals surface area contributed by atoms with Gasteiger partial charge in [0.15, 0.2) is 0 Å². The predicted octanol–water partition coefficient (Wildman–Crippen LogP) is 3.26. The van der Waals surface area contributed by atoms with Crippen molar-refractivity contribution in [3.8, 4) is 0 Å². The molecule has 0 radical (unpaired) electrons. The fraction of sp³-hybridized carbons (Fsp3) is 0.333. The molecule has 0 atom stereocenters. The summed E-state index contributed by atoms with van der Waals surface area (Å²) in [4.78, 5) is 7.30. The van der Waals surface area contributed by atoms with Gasteiger partial charge in [-0.3, -0.25) is 0 Å². The molecule has 0 aliphatic rings. The van der Waals surface area contributed by atoms with E-state index >= 15 is 0 Å². The van der Waals surface area contributed by atoms with Crippen molar-refractivity contribution in [2.45, 2.75) is 21.7 Å². The molecule has 0 amide bonds. The van der Waals surface area contributed by atoms with Crippen LogP contribution < -0.4 is 3.58 Å². The Bertz CT molecular complexity index is 301. The Balaban J connectivity index is 3.01. The van der Waals surface area contributed by atoms with E-state index in [1.54, 1.807) is 3.58 Å². The first-order valence-corrected chi connectivity index (χ1v) is 14.7. The first-order valence-electron chi connectivity index (χ1n) is 4.67.